The summed E-state index contributed by atoms with van der Waals surface area (Å²) in [5.41, 5.74) is -0.279. The zero-order valence-electron chi connectivity index (χ0n) is 7.82. The van der Waals surface area contributed by atoms with E-state index in [1.54, 1.807) is 0 Å². The van der Waals surface area contributed by atoms with Gasteiger partial charge in [-0.05, 0) is 12.1 Å². The molecule has 0 aliphatic heterocycles. The van der Waals surface area contributed by atoms with Crippen LogP contribution in [0.1, 0.15) is 10.4 Å². The van der Waals surface area contributed by atoms with Crippen molar-refractivity contribution in [1.82, 2.24) is 5.32 Å². The summed E-state index contributed by atoms with van der Waals surface area (Å²) in [5.74, 6) is -2.84. The van der Waals surface area contributed by atoms with Crippen molar-refractivity contribution >= 4 is 11.6 Å². The van der Waals surface area contributed by atoms with Crippen LogP contribution in [0.4, 0.5) is 14.5 Å². The van der Waals surface area contributed by atoms with E-state index in [0.717, 1.165) is 0 Å². The third kappa shape index (κ3) is 1.66. The van der Waals surface area contributed by atoms with Gasteiger partial charge < -0.3 is 10.6 Å². The van der Waals surface area contributed by atoms with E-state index in [1.165, 1.54) is 26.2 Å². The molecule has 0 radical (unpaired) electrons. The molecule has 76 valence electrons. The maximum Gasteiger partial charge on any atom is 0.254 e. The Bertz CT molecular complexity index is 366. The van der Waals surface area contributed by atoms with E-state index in [4.69, 9.17) is 0 Å². The van der Waals surface area contributed by atoms with Crippen molar-refractivity contribution in [2.45, 2.75) is 0 Å². The average Bonchev–Trinajstić information content (AvgIpc) is 2.21. The molecule has 0 unspecified atom stereocenters. The molecule has 5 heteroatoms. The van der Waals surface area contributed by atoms with Crippen LogP contribution >= 0.6 is 0 Å². The van der Waals surface area contributed by atoms with Crippen LogP contribution in [0, 0.1) is 11.6 Å². The first-order valence-corrected chi connectivity index (χ1v) is 3.99. The lowest BCUT2D eigenvalue weighted by Gasteiger charge is -2.06. The van der Waals surface area contributed by atoms with Gasteiger partial charge in [-0.15, -0.1) is 0 Å². The number of hydrogen-bond donors (Lipinski definition) is 2. The summed E-state index contributed by atoms with van der Waals surface area (Å²) in [4.78, 5) is 11.0. The molecule has 1 aromatic carbocycles. The van der Waals surface area contributed by atoms with E-state index < -0.39 is 17.5 Å². The fourth-order valence-corrected chi connectivity index (χ4v) is 1.05. The van der Waals surface area contributed by atoms with Crippen LogP contribution in [0.15, 0.2) is 12.1 Å². The lowest BCUT2D eigenvalue weighted by atomic mass is 10.1. The number of nitrogens with one attached hydrogen (secondary N) is 2. The van der Waals surface area contributed by atoms with Crippen LogP contribution in [-0.4, -0.2) is 20.0 Å². The fourth-order valence-electron chi connectivity index (χ4n) is 1.05. The second kappa shape index (κ2) is 4.04. The Morgan fingerprint density at radius 2 is 1.86 bits per heavy atom. The van der Waals surface area contributed by atoms with Crippen LogP contribution < -0.4 is 10.6 Å². The minimum Gasteiger partial charge on any atom is -0.386 e. The summed E-state index contributed by atoms with van der Waals surface area (Å²) in [5, 5.41) is 4.69. The van der Waals surface area contributed by atoms with Crippen molar-refractivity contribution in [2.24, 2.45) is 0 Å². The van der Waals surface area contributed by atoms with Gasteiger partial charge in [-0.3, -0.25) is 4.79 Å². The molecule has 0 bridgehead atoms. The summed E-state index contributed by atoms with van der Waals surface area (Å²) < 4.78 is 26.4. The quantitative estimate of drug-likeness (QED) is 0.756. The predicted molar refractivity (Wildman–Crippen MR) is 49.3 cm³/mol. The molecule has 0 aromatic heterocycles. The number of benzene rings is 1. The van der Waals surface area contributed by atoms with Gasteiger partial charge in [-0.1, -0.05) is 0 Å². The summed E-state index contributed by atoms with van der Waals surface area (Å²) in [6, 6.07) is 2.53. The van der Waals surface area contributed by atoms with Gasteiger partial charge in [0.05, 0.1) is 11.3 Å². The fraction of sp³-hybridized carbons (Fsp3) is 0.222. The summed E-state index contributed by atoms with van der Waals surface area (Å²) in [6.45, 7) is 0. The van der Waals surface area contributed by atoms with Gasteiger partial charge in [-0.25, -0.2) is 8.78 Å². The van der Waals surface area contributed by atoms with Crippen LogP contribution in [0.5, 0.6) is 0 Å². The van der Waals surface area contributed by atoms with Gasteiger partial charge in [0.15, 0.2) is 11.6 Å². The second-order valence-electron chi connectivity index (χ2n) is 2.62. The van der Waals surface area contributed by atoms with E-state index >= 15 is 0 Å². The third-order valence-electron chi connectivity index (χ3n) is 1.82. The molecule has 0 saturated carbocycles. The maximum absolute atomic E-state index is 13.2. The van der Waals surface area contributed by atoms with Gasteiger partial charge in [0.2, 0.25) is 0 Å². The maximum atomic E-state index is 13.2. The van der Waals surface area contributed by atoms with Crippen molar-refractivity contribution in [2.75, 3.05) is 19.4 Å². The third-order valence-corrected chi connectivity index (χ3v) is 1.82. The molecule has 3 nitrogen and oxygen atoms in total. The van der Waals surface area contributed by atoms with E-state index in [9.17, 15) is 13.6 Å². The highest BCUT2D eigenvalue weighted by Gasteiger charge is 2.16. The van der Waals surface area contributed by atoms with Crippen LogP contribution in [0.25, 0.3) is 0 Å². The van der Waals surface area contributed by atoms with Gasteiger partial charge in [0, 0.05) is 14.1 Å². The Kier molecular flexibility index (Phi) is 3.01. The number of anilines is 1. The van der Waals surface area contributed by atoms with Crippen LogP contribution in [0.3, 0.4) is 0 Å². The highest BCUT2D eigenvalue weighted by molar-refractivity contribution is 5.94. The zero-order chi connectivity index (χ0) is 10.7. The number of hydrogen-bond acceptors (Lipinski definition) is 2. The molecule has 2 N–H and O–H groups in total. The average molecular weight is 200 g/mol. The molecular formula is C9H10F2N2O. The van der Waals surface area contributed by atoms with Gasteiger partial charge >= 0.3 is 0 Å². The SMILES string of the molecule is CNC(=O)c1ccc(NC)c(F)c1F. The van der Waals surface area contributed by atoms with E-state index in [1.807, 2.05) is 0 Å². The summed E-state index contributed by atoms with van der Waals surface area (Å²) >= 11 is 0. The van der Waals surface area contributed by atoms with E-state index in [-0.39, 0.29) is 11.3 Å². The topological polar surface area (TPSA) is 41.1 Å². The lowest BCUT2D eigenvalue weighted by Crippen LogP contribution is -2.20. The first-order valence-electron chi connectivity index (χ1n) is 3.99. The number of carbonyl (C=O) groups excluding carboxylic acids is 1. The predicted octanol–water partition coefficient (Wildman–Crippen LogP) is 1.37. The van der Waals surface area contributed by atoms with Gasteiger partial charge in [0.1, 0.15) is 0 Å². The molecule has 0 aliphatic carbocycles. The summed E-state index contributed by atoms with van der Waals surface area (Å²) in [6.07, 6.45) is 0. The smallest absolute Gasteiger partial charge is 0.254 e. The Labute approximate surface area is 80.1 Å². The number of rotatable bonds is 2. The molecule has 0 atom stereocenters. The molecule has 14 heavy (non-hydrogen) atoms. The second-order valence-corrected chi connectivity index (χ2v) is 2.62. The van der Waals surface area contributed by atoms with Crippen molar-refractivity contribution in [1.29, 1.82) is 0 Å². The van der Waals surface area contributed by atoms with Crippen molar-refractivity contribution in [3.63, 3.8) is 0 Å². The lowest BCUT2D eigenvalue weighted by molar-refractivity contribution is 0.0958. The minimum atomic E-state index is -1.14. The van der Waals surface area contributed by atoms with Crippen LogP contribution in [-0.2, 0) is 0 Å². The van der Waals surface area contributed by atoms with Crippen molar-refractivity contribution < 1.29 is 13.6 Å². The first kappa shape index (κ1) is 10.4. The molecule has 0 spiro atoms. The van der Waals surface area contributed by atoms with E-state index in [2.05, 4.69) is 10.6 Å². The number of amides is 1. The zero-order valence-corrected chi connectivity index (χ0v) is 7.82. The highest BCUT2D eigenvalue weighted by Crippen LogP contribution is 2.19. The Morgan fingerprint density at radius 3 is 2.36 bits per heavy atom. The molecule has 0 saturated heterocycles. The van der Waals surface area contributed by atoms with Crippen molar-refractivity contribution in [3.05, 3.63) is 29.3 Å². The normalized spacial score (nSPS) is 9.71. The van der Waals surface area contributed by atoms with Gasteiger partial charge in [0.25, 0.3) is 5.91 Å². The Morgan fingerprint density at radius 1 is 1.21 bits per heavy atom. The number of carbonyl (C=O) groups is 1. The molecule has 1 amide bonds. The standard InChI is InChI=1S/C9H10F2N2O/c1-12-6-4-3-5(9(14)13-2)7(10)8(6)11/h3-4,12H,1-2H3,(H,13,14). The molecule has 0 aliphatic rings. The molecule has 1 rings (SSSR count). The first-order chi connectivity index (χ1) is 6.61. The molecule has 0 heterocycles. The largest absolute Gasteiger partial charge is 0.386 e. The Balaban J connectivity index is 3.24. The Hall–Kier alpha value is -1.65. The number of halogens is 2. The minimum absolute atomic E-state index is 0.0233. The van der Waals surface area contributed by atoms with Crippen LogP contribution in [0.2, 0.25) is 0 Å². The summed E-state index contributed by atoms with van der Waals surface area (Å²) in [7, 11) is 2.82. The molecular weight excluding hydrogens is 190 g/mol. The molecule has 1 aromatic rings. The van der Waals surface area contributed by atoms with Gasteiger partial charge in [-0.2, -0.15) is 0 Å². The van der Waals surface area contributed by atoms with Crippen molar-refractivity contribution in [3.8, 4) is 0 Å². The highest BCUT2D eigenvalue weighted by atomic mass is 19.2. The molecule has 0 fully saturated rings. The monoisotopic (exact) mass is 200 g/mol. The van der Waals surface area contributed by atoms with E-state index in [0.29, 0.717) is 0 Å².